The quantitative estimate of drug-likeness (QED) is 0.651. The Morgan fingerprint density at radius 2 is 1.89 bits per heavy atom. The van der Waals surface area contributed by atoms with Crippen LogP contribution in [0.15, 0.2) is 53.1 Å². The lowest BCUT2D eigenvalue weighted by Gasteiger charge is -2.22. The second-order valence-electron chi connectivity index (χ2n) is 6.61. The van der Waals surface area contributed by atoms with Crippen molar-refractivity contribution in [3.8, 4) is 22.9 Å². The van der Waals surface area contributed by atoms with E-state index in [2.05, 4.69) is 10.1 Å². The highest BCUT2D eigenvalue weighted by molar-refractivity contribution is 5.78. The summed E-state index contributed by atoms with van der Waals surface area (Å²) < 4.78 is 16.0. The van der Waals surface area contributed by atoms with Crippen LogP contribution in [0.4, 0.5) is 0 Å². The third-order valence-corrected chi connectivity index (χ3v) is 4.89. The van der Waals surface area contributed by atoms with Gasteiger partial charge in [0, 0.05) is 18.5 Å². The maximum absolute atomic E-state index is 12.4. The number of nitrogens with zero attached hydrogens (tertiary/aromatic N) is 3. The minimum atomic E-state index is -0.221. The van der Waals surface area contributed by atoms with Crippen LogP contribution in [0.5, 0.6) is 11.5 Å². The molecule has 0 aliphatic carbocycles. The molecule has 0 radical (unpaired) electrons. The van der Waals surface area contributed by atoms with E-state index in [4.69, 9.17) is 14.0 Å². The van der Waals surface area contributed by atoms with Gasteiger partial charge in [-0.25, -0.2) is 0 Å². The lowest BCUT2D eigenvalue weighted by molar-refractivity contribution is -0.129. The van der Waals surface area contributed by atoms with Crippen LogP contribution in [-0.2, 0) is 11.3 Å². The van der Waals surface area contributed by atoms with Crippen molar-refractivity contribution in [2.24, 2.45) is 0 Å². The van der Waals surface area contributed by atoms with Gasteiger partial charge in [0.15, 0.2) is 0 Å². The average molecular weight is 379 g/mol. The van der Waals surface area contributed by atoms with E-state index >= 15 is 0 Å². The molecule has 7 nitrogen and oxygen atoms in total. The van der Waals surface area contributed by atoms with Crippen molar-refractivity contribution in [2.45, 2.75) is 25.4 Å². The Morgan fingerprint density at radius 1 is 1.11 bits per heavy atom. The molecule has 0 saturated carbocycles. The number of carbonyl (C=O) groups excluding carboxylic acids is 1. The standard InChI is InChI=1S/C21H21N3O4/c1-26-16-8-6-14(7-9-16)13-24-18(10-11-19(24)25)21-22-20(23-28-21)15-4-3-5-17(12-15)27-2/h3-9,12,18H,10-11,13H2,1-2H3. The van der Waals surface area contributed by atoms with Gasteiger partial charge in [0.1, 0.15) is 17.5 Å². The van der Waals surface area contributed by atoms with E-state index in [1.165, 1.54) is 0 Å². The first-order chi connectivity index (χ1) is 13.7. The Balaban J connectivity index is 1.55. The second-order valence-corrected chi connectivity index (χ2v) is 6.61. The van der Waals surface area contributed by atoms with E-state index in [0.29, 0.717) is 31.1 Å². The molecular formula is C21H21N3O4. The third kappa shape index (κ3) is 3.55. The first kappa shape index (κ1) is 18.0. The zero-order valence-corrected chi connectivity index (χ0v) is 15.8. The summed E-state index contributed by atoms with van der Waals surface area (Å²) in [7, 11) is 3.24. The Morgan fingerprint density at radius 3 is 2.64 bits per heavy atom. The van der Waals surface area contributed by atoms with Gasteiger partial charge in [-0.2, -0.15) is 4.98 Å². The summed E-state index contributed by atoms with van der Waals surface area (Å²) in [6, 6.07) is 14.9. The molecule has 1 fully saturated rings. The number of hydrogen-bond acceptors (Lipinski definition) is 6. The van der Waals surface area contributed by atoms with Crippen molar-refractivity contribution in [1.82, 2.24) is 15.0 Å². The Kier molecular flexibility index (Phi) is 4.97. The summed E-state index contributed by atoms with van der Waals surface area (Å²) >= 11 is 0. The lowest BCUT2D eigenvalue weighted by atomic mass is 10.1. The summed E-state index contributed by atoms with van der Waals surface area (Å²) in [5.74, 6) is 2.53. The van der Waals surface area contributed by atoms with E-state index in [0.717, 1.165) is 22.6 Å². The zero-order chi connectivity index (χ0) is 19.5. The number of ether oxygens (including phenoxy) is 2. The lowest BCUT2D eigenvalue weighted by Crippen LogP contribution is -2.27. The molecule has 28 heavy (non-hydrogen) atoms. The Hall–Kier alpha value is -3.35. The number of amides is 1. The molecule has 1 aliphatic rings. The molecule has 0 N–H and O–H groups in total. The number of methoxy groups -OCH3 is 2. The zero-order valence-electron chi connectivity index (χ0n) is 15.8. The first-order valence-corrected chi connectivity index (χ1v) is 9.08. The van der Waals surface area contributed by atoms with Crippen LogP contribution in [0.25, 0.3) is 11.4 Å². The number of benzene rings is 2. The molecule has 1 aromatic heterocycles. The van der Waals surface area contributed by atoms with Crippen LogP contribution in [0.1, 0.15) is 30.3 Å². The number of rotatable bonds is 6. The highest BCUT2D eigenvalue weighted by atomic mass is 16.5. The molecule has 4 rings (SSSR count). The minimum Gasteiger partial charge on any atom is -0.497 e. The van der Waals surface area contributed by atoms with Crippen molar-refractivity contribution in [1.29, 1.82) is 0 Å². The summed E-state index contributed by atoms with van der Waals surface area (Å²) in [5.41, 5.74) is 1.83. The molecular weight excluding hydrogens is 358 g/mol. The van der Waals surface area contributed by atoms with Crippen LogP contribution < -0.4 is 9.47 Å². The maximum Gasteiger partial charge on any atom is 0.249 e. The van der Waals surface area contributed by atoms with Gasteiger partial charge in [0.2, 0.25) is 17.6 Å². The number of hydrogen-bond donors (Lipinski definition) is 0. The largest absolute Gasteiger partial charge is 0.497 e. The monoisotopic (exact) mass is 379 g/mol. The molecule has 0 bridgehead atoms. The Bertz CT molecular complexity index is 968. The summed E-state index contributed by atoms with van der Waals surface area (Å²) in [4.78, 5) is 18.8. The van der Waals surface area contributed by atoms with Gasteiger partial charge >= 0.3 is 0 Å². The van der Waals surface area contributed by atoms with E-state index < -0.39 is 0 Å². The average Bonchev–Trinajstić information content (AvgIpc) is 3.36. The fourth-order valence-electron chi connectivity index (χ4n) is 3.37. The number of aromatic nitrogens is 2. The minimum absolute atomic E-state index is 0.0851. The molecule has 2 aromatic carbocycles. The summed E-state index contributed by atoms with van der Waals surface area (Å²) in [6.45, 7) is 0.490. The van der Waals surface area contributed by atoms with E-state index in [-0.39, 0.29) is 11.9 Å². The highest BCUT2D eigenvalue weighted by Crippen LogP contribution is 2.34. The summed E-state index contributed by atoms with van der Waals surface area (Å²) in [6.07, 6.45) is 1.13. The van der Waals surface area contributed by atoms with Gasteiger partial charge in [-0.05, 0) is 36.2 Å². The van der Waals surface area contributed by atoms with Crippen LogP contribution in [0.3, 0.4) is 0 Å². The first-order valence-electron chi connectivity index (χ1n) is 9.08. The van der Waals surface area contributed by atoms with Crippen molar-refractivity contribution in [3.63, 3.8) is 0 Å². The van der Waals surface area contributed by atoms with Gasteiger partial charge in [-0.1, -0.05) is 29.4 Å². The number of carbonyl (C=O) groups is 1. The fraction of sp³-hybridized carbons (Fsp3) is 0.286. The molecule has 7 heteroatoms. The van der Waals surface area contributed by atoms with E-state index in [9.17, 15) is 4.79 Å². The fourth-order valence-corrected chi connectivity index (χ4v) is 3.37. The molecule has 1 saturated heterocycles. The summed E-state index contributed by atoms with van der Waals surface area (Å²) in [5, 5.41) is 4.10. The van der Waals surface area contributed by atoms with Crippen molar-refractivity contribution in [3.05, 3.63) is 60.0 Å². The molecule has 1 atom stereocenters. The van der Waals surface area contributed by atoms with Gasteiger partial charge in [0.25, 0.3) is 0 Å². The van der Waals surface area contributed by atoms with Crippen LogP contribution in [0.2, 0.25) is 0 Å². The van der Waals surface area contributed by atoms with Crippen LogP contribution >= 0.6 is 0 Å². The maximum atomic E-state index is 12.4. The van der Waals surface area contributed by atoms with Gasteiger partial charge in [-0.3, -0.25) is 4.79 Å². The predicted octanol–water partition coefficient (Wildman–Crippen LogP) is 3.62. The van der Waals surface area contributed by atoms with Crippen molar-refractivity contribution in [2.75, 3.05) is 14.2 Å². The smallest absolute Gasteiger partial charge is 0.249 e. The van der Waals surface area contributed by atoms with Crippen molar-refractivity contribution < 1.29 is 18.8 Å². The molecule has 2 heterocycles. The van der Waals surface area contributed by atoms with E-state index in [1.807, 2.05) is 48.5 Å². The van der Waals surface area contributed by atoms with Crippen LogP contribution in [-0.4, -0.2) is 35.2 Å². The third-order valence-electron chi connectivity index (χ3n) is 4.89. The molecule has 144 valence electrons. The van der Waals surface area contributed by atoms with Crippen molar-refractivity contribution >= 4 is 5.91 Å². The molecule has 1 aliphatic heterocycles. The SMILES string of the molecule is COc1ccc(CN2C(=O)CCC2c2nc(-c3cccc(OC)c3)no2)cc1. The highest BCUT2D eigenvalue weighted by Gasteiger charge is 2.36. The van der Waals surface area contributed by atoms with E-state index in [1.54, 1.807) is 19.1 Å². The number of likely N-dealkylation sites (tertiary alicyclic amines) is 1. The molecule has 1 unspecified atom stereocenters. The predicted molar refractivity (Wildman–Crippen MR) is 102 cm³/mol. The van der Waals surface area contributed by atoms with Gasteiger partial charge in [-0.15, -0.1) is 0 Å². The second kappa shape index (κ2) is 7.72. The normalized spacial score (nSPS) is 16.4. The Labute approximate surface area is 162 Å². The van der Waals surface area contributed by atoms with Crippen LogP contribution in [0, 0.1) is 0 Å². The topological polar surface area (TPSA) is 77.7 Å². The molecule has 3 aromatic rings. The molecule has 1 amide bonds. The van der Waals surface area contributed by atoms with Gasteiger partial charge in [0.05, 0.1) is 14.2 Å². The van der Waals surface area contributed by atoms with Gasteiger partial charge < -0.3 is 18.9 Å². The molecule has 0 spiro atoms.